The summed E-state index contributed by atoms with van der Waals surface area (Å²) in [6, 6.07) is 10.4. The fourth-order valence-electron chi connectivity index (χ4n) is 2.17. The van der Waals surface area contributed by atoms with Crippen molar-refractivity contribution in [1.29, 1.82) is 0 Å². The van der Waals surface area contributed by atoms with Gasteiger partial charge in [0, 0.05) is 24.1 Å². The molecule has 98 valence electrons. The van der Waals surface area contributed by atoms with Crippen molar-refractivity contribution in [3.8, 4) is 0 Å². The zero-order chi connectivity index (χ0) is 13.0. The second kappa shape index (κ2) is 6.53. The number of thiol groups is 1. The standard InChI is InChI=1S/C14H19NOS2/c1-11-10-18-8-7-15(11)14(16)13(17)9-12-5-3-2-4-6-12/h2-6,11,13,17H,7-10H2,1H3. The number of thioether (sulfide) groups is 1. The molecule has 1 aromatic rings. The molecule has 0 aromatic heterocycles. The number of hydrogen-bond donors (Lipinski definition) is 1. The molecule has 4 heteroatoms. The molecule has 1 aliphatic heterocycles. The summed E-state index contributed by atoms with van der Waals surface area (Å²) >= 11 is 6.41. The molecule has 0 saturated carbocycles. The third kappa shape index (κ3) is 3.45. The van der Waals surface area contributed by atoms with Crippen LogP contribution in [0.1, 0.15) is 12.5 Å². The minimum atomic E-state index is -0.224. The van der Waals surface area contributed by atoms with Gasteiger partial charge in [-0.25, -0.2) is 0 Å². The van der Waals surface area contributed by atoms with Crippen LogP contribution in [-0.2, 0) is 11.2 Å². The highest BCUT2D eigenvalue weighted by molar-refractivity contribution is 7.99. The summed E-state index contributed by atoms with van der Waals surface area (Å²) in [7, 11) is 0. The van der Waals surface area contributed by atoms with Crippen molar-refractivity contribution in [1.82, 2.24) is 4.90 Å². The van der Waals surface area contributed by atoms with Crippen LogP contribution in [0.5, 0.6) is 0 Å². The molecule has 1 amide bonds. The van der Waals surface area contributed by atoms with Crippen LogP contribution in [0.3, 0.4) is 0 Å². The summed E-state index contributed by atoms with van der Waals surface area (Å²) in [5.74, 6) is 2.26. The predicted octanol–water partition coefficient (Wildman–Crippen LogP) is 2.49. The Labute approximate surface area is 119 Å². The van der Waals surface area contributed by atoms with E-state index in [1.165, 1.54) is 5.56 Å². The van der Waals surface area contributed by atoms with E-state index in [4.69, 9.17) is 0 Å². The van der Waals surface area contributed by atoms with Crippen LogP contribution < -0.4 is 0 Å². The maximum absolute atomic E-state index is 12.4. The van der Waals surface area contributed by atoms with E-state index < -0.39 is 0 Å². The third-order valence-corrected chi connectivity index (χ3v) is 4.80. The molecular weight excluding hydrogens is 262 g/mol. The van der Waals surface area contributed by atoms with Gasteiger partial charge in [0.1, 0.15) is 0 Å². The Morgan fingerprint density at radius 1 is 1.50 bits per heavy atom. The zero-order valence-corrected chi connectivity index (χ0v) is 12.3. The summed E-state index contributed by atoms with van der Waals surface area (Å²) in [5, 5.41) is -0.224. The predicted molar refractivity (Wildman–Crippen MR) is 81.4 cm³/mol. The Morgan fingerprint density at radius 2 is 2.22 bits per heavy atom. The Bertz CT molecular complexity index is 396. The molecule has 2 nitrogen and oxygen atoms in total. The molecular formula is C14H19NOS2. The minimum Gasteiger partial charge on any atom is -0.337 e. The van der Waals surface area contributed by atoms with Gasteiger partial charge < -0.3 is 4.90 Å². The Kier molecular flexibility index (Phi) is 5.01. The van der Waals surface area contributed by atoms with Gasteiger partial charge in [-0.05, 0) is 18.9 Å². The largest absolute Gasteiger partial charge is 0.337 e. The number of carbonyl (C=O) groups excluding carboxylic acids is 1. The lowest BCUT2D eigenvalue weighted by Gasteiger charge is -2.34. The molecule has 1 saturated heterocycles. The molecule has 0 radical (unpaired) electrons. The lowest BCUT2D eigenvalue weighted by Crippen LogP contribution is -2.48. The van der Waals surface area contributed by atoms with Crippen LogP contribution in [0.2, 0.25) is 0 Å². The van der Waals surface area contributed by atoms with Crippen LogP contribution in [0.25, 0.3) is 0 Å². The van der Waals surface area contributed by atoms with Gasteiger partial charge in [-0.1, -0.05) is 30.3 Å². The van der Waals surface area contributed by atoms with Gasteiger partial charge in [0.15, 0.2) is 0 Å². The van der Waals surface area contributed by atoms with Crippen molar-refractivity contribution in [2.45, 2.75) is 24.6 Å². The fourth-order valence-corrected chi connectivity index (χ4v) is 3.54. The number of nitrogens with zero attached hydrogens (tertiary/aromatic N) is 1. The second-order valence-electron chi connectivity index (χ2n) is 4.66. The van der Waals surface area contributed by atoms with Crippen LogP contribution in [0.15, 0.2) is 30.3 Å². The van der Waals surface area contributed by atoms with Crippen molar-refractivity contribution in [2.24, 2.45) is 0 Å². The Hall–Kier alpha value is -0.610. The fraction of sp³-hybridized carbons (Fsp3) is 0.500. The first-order valence-electron chi connectivity index (χ1n) is 6.28. The van der Waals surface area contributed by atoms with E-state index >= 15 is 0 Å². The van der Waals surface area contributed by atoms with Gasteiger partial charge in [-0.2, -0.15) is 24.4 Å². The van der Waals surface area contributed by atoms with Crippen molar-refractivity contribution < 1.29 is 4.79 Å². The molecule has 1 aliphatic rings. The first-order valence-corrected chi connectivity index (χ1v) is 7.96. The highest BCUT2D eigenvalue weighted by atomic mass is 32.2. The Morgan fingerprint density at radius 3 is 2.89 bits per heavy atom. The summed E-state index contributed by atoms with van der Waals surface area (Å²) in [6.45, 7) is 2.98. The summed E-state index contributed by atoms with van der Waals surface area (Å²) in [6.07, 6.45) is 0.707. The number of amides is 1. The van der Waals surface area contributed by atoms with Crippen LogP contribution in [0.4, 0.5) is 0 Å². The number of carbonyl (C=O) groups is 1. The number of benzene rings is 1. The number of hydrogen-bond acceptors (Lipinski definition) is 3. The Balaban J connectivity index is 1.96. The molecule has 1 fully saturated rings. The monoisotopic (exact) mass is 281 g/mol. The average Bonchev–Trinajstić information content (AvgIpc) is 2.39. The van der Waals surface area contributed by atoms with E-state index in [0.29, 0.717) is 12.5 Å². The molecule has 2 rings (SSSR count). The summed E-state index contributed by atoms with van der Waals surface area (Å²) < 4.78 is 0. The van der Waals surface area contributed by atoms with E-state index in [2.05, 4.69) is 19.6 Å². The molecule has 0 aliphatic carbocycles. The molecule has 0 bridgehead atoms. The average molecular weight is 281 g/mol. The van der Waals surface area contributed by atoms with Crippen molar-refractivity contribution in [3.05, 3.63) is 35.9 Å². The first-order chi connectivity index (χ1) is 8.68. The summed E-state index contributed by atoms with van der Waals surface area (Å²) in [4.78, 5) is 14.3. The second-order valence-corrected chi connectivity index (χ2v) is 6.43. The molecule has 1 aromatic carbocycles. The van der Waals surface area contributed by atoms with Crippen LogP contribution in [0, 0.1) is 0 Å². The van der Waals surface area contributed by atoms with Gasteiger partial charge in [-0.15, -0.1) is 0 Å². The van der Waals surface area contributed by atoms with Gasteiger partial charge in [-0.3, -0.25) is 4.79 Å². The van der Waals surface area contributed by atoms with E-state index in [9.17, 15) is 4.79 Å². The van der Waals surface area contributed by atoms with Gasteiger partial charge in [0.05, 0.1) is 5.25 Å². The first kappa shape index (κ1) is 13.8. The lowest BCUT2D eigenvalue weighted by atomic mass is 10.1. The highest BCUT2D eigenvalue weighted by Crippen LogP contribution is 2.19. The van der Waals surface area contributed by atoms with E-state index in [0.717, 1.165) is 18.1 Å². The third-order valence-electron chi connectivity index (χ3n) is 3.21. The van der Waals surface area contributed by atoms with E-state index in [1.54, 1.807) is 0 Å². The van der Waals surface area contributed by atoms with Crippen molar-refractivity contribution in [3.63, 3.8) is 0 Å². The normalized spacial score (nSPS) is 21.7. The van der Waals surface area contributed by atoms with Gasteiger partial charge in [0.2, 0.25) is 5.91 Å². The van der Waals surface area contributed by atoms with Gasteiger partial charge >= 0.3 is 0 Å². The number of rotatable bonds is 3. The van der Waals surface area contributed by atoms with Crippen molar-refractivity contribution in [2.75, 3.05) is 18.1 Å². The molecule has 18 heavy (non-hydrogen) atoms. The van der Waals surface area contributed by atoms with Crippen LogP contribution >= 0.6 is 24.4 Å². The molecule has 0 N–H and O–H groups in total. The minimum absolute atomic E-state index is 0.176. The lowest BCUT2D eigenvalue weighted by molar-refractivity contribution is -0.132. The quantitative estimate of drug-likeness (QED) is 0.859. The SMILES string of the molecule is CC1CSCCN1C(=O)C(S)Cc1ccccc1. The molecule has 0 spiro atoms. The molecule has 1 heterocycles. The van der Waals surface area contributed by atoms with E-state index in [1.807, 2.05) is 47.0 Å². The highest BCUT2D eigenvalue weighted by Gasteiger charge is 2.27. The molecule has 2 unspecified atom stereocenters. The van der Waals surface area contributed by atoms with Gasteiger partial charge in [0.25, 0.3) is 0 Å². The maximum Gasteiger partial charge on any atom is 0.236 e. The topological polar surface area (TPSA) is 20.3 Å². The summed E-state index contributed by atoms with van der Waals surface area (Å²) in [5.41, 5.74) is 1.17. The maximum atomic E-state index is 12.4. The molecule has 2 atom stereocenters. The van der Waals surface area contributed by atoms with Crippen LogP contribution in [-0.4, -0.2) is 40.1 Å². The smallest absolute Gasteiger partial charge is 0.236 e. The zero-order valence-electron chi connectivity index (χ0n) is 10.6. The van der Waals surface area contributed by atoms with E-state index in [-0.39, 0.29) is 11.2 Å². The van der Waals surface area contributed by atoms with Crippen molar-refractivity contribution >= 4 is 30.3 Å².